The summed E-state index contributed by atoms with van der Waals surface area (Å²) in [4.78, 5) is 4.49. The predicted molar refractivity (Wildman–Crippen MR) is 68.1 cm³/mol. The molecule has 1 aromatic heterocycles. The number of hydrogen-bond acceptors (Lipinski definition) is 3. The highest BCUT2D eigenvalue weighted by atomic mass is 16.3. The zero-order valence-corrected chi connectivity index (χ0v) is 10.4. The van der Waals surface area contributed by atoms with E-state index in [0.29, 0.717) is 12.0 Å². The number of hydrogen-bond donors (Lipinski definition) is 1. The van der Waals surface area contributed by atoms with Crippen molar-refractivity contribution < 1.29 is 4.42 Å². The monoisotopic (exact) mass is 230 g/mol. The van der Waals surface area contributed by atoms with Gasteiger partial charge in [0.05, 0.1) is 0 Å². The molecule has 0 radical (unpaired) electrons. The van der Waals surface area contributed by atoms with Crippen LogP contribution in [0.3, 0.4) is 0 Å². The van der Waals surface area contributed by atoms with Crippen LogP contribution in [0.4, 0.5) is 0 Å². The van der Waals surface area contributed by atoms with Gasteiger partial charge in [0.1, 0.15) is 5.52 Å². The fourth-order valence-electron chi connectivity index (χ4n) is 2.39. The molecule has 3 heteroatoms. The van der Waals surface area contributed by atoms with Crippen molar-refractivity contribution in [3.8, 4) is 0 Å². The molecule has 1 aliphatic heterocycles. The maximum absolute atomic E-state index is 5.79. The van der Waals surface area contributed by atoms with Gasteiger partial charge in [0.25, 0.3) is 0 Å². The molecular weight excluding hydrogens is 212 g/mol. The molecule has 0 spiro atoms. The highest BCUT2D eigenvalue weighted by molar-refractivity contribution is 5.73. The largest absolute Gasteiger partial charge is 0.440 e. The Balaban J connectivity index is 2.00. The summed E-state index contributed by atoms with van der Waals surface area (Å²) < 4.78 is 5.79. The first kappa shape index (κ1) is 10.8. The Morgan fingerprint density at radius 1 is 1.41 bits per heavy atom. The second kappa shape index (κ2) is 4.15. The van der Waals surface area contributed by atoms with E-state index in [0.717, 1.165) is 23.5 Å². The quantitative estimate of drug-likeness (QED) is 0.859. The van der Waals surface area contributed by atoms with Crippen LogP contribution in [0.25, 0.3) is 11.1 Å². The molecule has 90 valence electrons. The van der Waals surface area contributed by atoms with Gasteiger partial charge in [-0.15, -0.1) is 0 Å². The van der Waals surface area contributed by atoms with E-state index in [9.17, 15) is 0 Å². The van der Waals surface area contributed by atoms with Gasteiger partial charge in [0, 0.05) is 12.0 Å². The molecule has 1 aliphatic rings. The lowest BCUT2D eigenvalue weighted by Gasteiger charge is -2.09. The number of aromatic nitrogens is 1. The van der Waals surface area contributed by atoms with Crippen LogP contribution in [0.2, 0.25) is 0 Å². The third kappa shape index (κ3) is 1.95. The molecule has 1 aromatic carbocycles. The van der Waals surface area contributed by atoms with Gasteiger partial charge in [0.2, 0.25) is 0 Å². The van der Waals surface area contributed by atoms with Gasteiger partial charge in [0.15, 0.2) is 11.5 Å². The normalized spacial score (nSPS) is 20.5. The molecule has 2 heterocycles. The third-order valence-corrected chi connectivity index (χ3v) is 3.39. The van der Waals surface area contributed by atoms with Gasteiger partial charge in [-0.25, -0.2) is 4.98 Å². The molecule has 1 N–H and O–H groups in total. The van der Waals surface area contributed by atoms with Crippen molar-refractivity contribution in [2.75, 3.05) is 6.54 Å². The molecule has 1 fully saturated rings. The first-order valence-corrected chi connectivity index (χ1v) is 6.38. The van der Waals surface area contributed by atoms with Crippen LogP contribution >= 0.6 is 0 Å². The fraction of sp³-hybridized carbons (Fsp3) is 0.500. The second-order valence-electron chi connectivity index (χ2n) is 5.08. The van der Waals surface area contributed by atoms with Crippen LogP contribution in [-0.4, -0.2) is 11.5 Å². The van der Waals surface area contributed by atoms with Crippen molar-refractivity contribution >= 4 is 11.1 Å². The first-order valence-electron chi connectivity index (χ1n) is 6.38. The lowest BCUT2D eigenvalue weighted by atomic mass is 10.1. The summed E-state index contributed by atoms with van der Waals surface area (Å²) in [5.74, 6) is 1.17. The summed E-state index contributed by atoms with van der Waals surface area (Å²) in [6.45, 7) is 5.32. The van der Waals surface area contributed by atoms with Crippen LogP contribution in [0.5, 0.6) is 0 Å². The highest BCUT2D eigenvalue weighted by Crippen LogP contribution is 2.27. The summed E-state index contributed by atoms with van der Waals surface area (Å²) in [6.07, 6.45) is 2.48. The topological polar surface area (TPSA) is 38.1 Å². The summed E-state index contributed by atoms with van der Waals surface area (Å²) in [5, 5.41) is 3.51. The van der Waals surface area contributed by atoms with Crippen molar-refractivity contribution in [3.63, 3.8) is 0 Å². The molecule has 3 rings (SSSR count). The minimum absolute atomic E-state index is 0.343. The number of oxazole rings is 1. The van der Waals surface area contributed by atoms with Crippen LogP contribution in [0.15, 0.2) is 22.6 Å². The van der Waals surface area contributed by atoms with Crippen LogP contribution in [0.1, 0.15) is 50.1 Å². The van der Waals surface area contributed by atoms with E-state index in [2.05, 4.69) is 42.3 Å². The van der Waals surface area contributed by atoms with Gasteiger partial charge >= 0.3 is 0 Å². The average molecular weight is 230 g/mol. The van der Waals surface area contributed by atoms with Gasteiger partial charge in [-0.05, 0) is 37.1 Å². The fourth-order valence-corrected chi connectivity index (χ4v) is 2.39. The Hall–Kier alpha value is -1.35. The number of nitrogens with zero attached hydrogens (tertiary/aromatic N) is 1. The predicted octanol–water partition coefficient (Wildman–Crippen LogP) is 3.38. The van der Waals surface area contributed by atoms with E-state index in [1.54, 1.807) is 0 Å². The molecule has 1 saturated heterocycles. The number of rotatable bonds is 2. The lowest BCUT2D eigenvalue weighted by molar-refractivity contribution is 0.500. The number of fused-ring (bicyclic) bond motifs is 1. The van der Waals surface area contributed by atoms with Gasteiger partial charge in [-0.3, -0.25) is 0 Å². The summed E-state index contributed by atoms with van der Waals surface area (Å²) >= 11 is 0. The molecule has 0 bridgehead atoms. The molecule has 2 aromatic rings. The number of nitrogens with one attached hydrogen (secondary N) is 1. The molecule has 0 aliphatic carbocycles. The van der Waals surface area contributed by atoms with Crippen molar-refractivity contribution in [1.82, 2.24) is 10.3 Å². The Morgan fingerprint density at radius 2 is 2.29 bits per heavy atom. The molecule has 0 amide bonds. The minimum Gasteiger partial charge on any atom is -0.440 e. The van der Waals surface area contributed by atoms with E-state index in [4.69, 9.17) is 4.42 Å². The average Bonchev–Trinajstić information content (AvgIpc) is 2.97. The van der Waals surface area contributed by atoms with E-state index in [1.165, 1.54) is 18.4 Å². The Bertz CT molecular complexity index is 524. The maximum Gasteiger partial charge on any atom is 0.198 e. The lowest BCUT2D eigenvalue weighted by Crippen LogP contribution is -2.12. The summed E-state index contributed by atoms with van der Waals surface area (Å²) in [7, 11) is 0. The molecule has 3 nitrogen and oxygen atoms in total. The van der Waals surface area contributed by atoms with Gasteiger partial charge in [-0.1, -0.05) is 19.9 Å². The summed E-state index contributed by atoms with van der Waals surface area (Å²) in [6, 6.07) is 6.86. The zero-order chi connectivity index (χ0) is 11.8. The highest BCUT2D eigenvalue weighted by Gasteiger charge is 2.17. The molecule has 1 unspecified atom stereocenters. The van der Waals surface area contributed by atoms with Crippen molar-refractivity contribution in [3.05, 3.63) is 29.7 Å². The van der Waals surface area contributed by atoms with E-state index < -0.39 is 0 Å². The number of benzene rings is 1. The Labute approximate surface area is 101 Å². The van der Waals surface area contributed by atoms with E-state index >= 15 is 0 Å². The molecule has 17 heavy (non-hydrogen) atoms. The van der Waals surface area contributed by atoms with Gasteiger partial charge < -0.3 is 9.73 Å². The molecule has 0 saturated carbocycles. The third-order valence-electron chi connectivity index (χ3n) is 3.39. The van der Waals surface area contributed by atoms with Crippen molar-refractivity contribution in [2.24, 2.45) is 0 Å². The van der Waals surface area contributed by atoms with E-state index in [1.807, 2.05) is 0 Å². The molecular formula is C14H18N2O. The zero-order valence-electron chi connectivity index (χ0n) is 10.4. The van der Waals surface area contributed by atoms with Gasteiger partial charge in [-0.2, -0.15) is 0 Å². The Kier molecular flexibility index (Phi) is 2.63. The first-order chi connectivity index (χ1) is 8.24. The molecule has 1 atom stereocenters. The van der Waals surface area contributed by atoms with Crippen LogP contribution in [0, 0.1) is 0 Å². The standard InChI is InChI=1S/C14H18N2O/c1-9(2)14-16-12-6-5-10(8-13(12)17-14)11-4-3-7-15-11/h5-6,8-9,11,15H,3-4,7H2,1-2H3. The Morgan fingerprint density at radius 3 is 3.00 bits per heavy atom. The smallest absolute Gasteiger partial charge is 0.198 e. The second-order valence-corrected chi connectivity index (χ2v) is 5.08. The van der Waals surface area contributed by atoms with Crippen LogP contribution < -0.4 is 5.32 Å². The van der Waals surface area contributed by atoms with E-state index in [-0.39, 0.29) is 0 Å². The summed E-state index contributed by atoms with van der Waals surface area (Å²) in [5.41, 5.74) is 3.21. The maximum atomic E-state index is 5.79. The van der Waals surface area contributed by atoms with Crippen molar-refractivity contribution in [1.29, 1.82) is 0 Å². The van der Waals surface area contributed by atoms with Crippen LogP contribution in [-0.2, 0) is 0 Å². The SMILES string of the molecule is CC(C)c1nc2ccc(C3CCCN3)cc2o1. The minimum atomic E-state index is 0.343. The van der Waals surface area contributed by atoms with Crippen molar-refractivity contribution in [2.45, 2.75) is 38.6 Å².